The summed E-state index contributed by atoms with van der Waals surface area (Å²) in [5.41, 5.74) is 1.75. The first-order chi connectivity index (χ1) is 10.9. The minimum atomic E-state index is -3.21. The van der Waals surface area contributed by atoms with E-state index in [4.69, 9.17) is 4.74 Å². The van der Waals surface area contributed by atoms with Crippen molar-refractivity contribution in [1.29, 1.82) is 0 Å². The lowest BCUT2D eigenvalue weighted by Crippen LogP contribution is -2.41. The van der Waals surface area contributed by atoms with Crippen molar-refractivity contribution < 1.29 is 13.2 Å². The van der Waals surface area contributed by atoms with Gasteiger partial charge in [-0.15, -0.1) is 5.10 Å². The van der Waals surface area contributed by atoms with Gasteiger partial charge in [0.1, 0.15) is 5.69 Å². The molecule has 1 aromatic rings. The summed E-state index contributed by atoms with van der Waals surface area (Å²) in [7, 11) is 2.64. The van der Waals surface area contributed by atoms with Crippen molar-refractivity contribution in [3.8, 4) is 0 Å². The number of sulfonamides is 1. The van der Waals surface area contributed by atoms with Crippen LogP contribution in [0.3, 0.4) is 0 Å². The Morgan fingerprint density at radius 3 is 2.74 bits per heavy atom. The first kappa shape index (κ1) is 16.8. The van der Waals surface area contributed by atoms with Gasteiger partial charge >= 0.3 is 0 Å². The van der Waals surface area contributed by atoms with Gasteiger partial charge in [-0.2, -0.15) is 4.31 Å². The number of rotatable bonds is 7. The third-order valence-electron chi connectivity index (χ3n) is 4.39. The highest BCUT2D eigenvalue weighted by molar-refractivity contribution is 7.90. The van der Waals surface area contributed by atoms with Crippen LogP contribution < -0.4 is 0 Å². The van der Waals surface area contributed by atoms with Crippen LogP contribution in [-0.2, 0) is 28.4 Å². The zero-order valence-corrected chi connectivity index (χ0v) is 14.8. The Bertz CT molecular complexity index is 653. The van der Waals surface area contributed by atoms with Crippen LogP contribution >= 0.6 is 0 Å². The average molecular weight is 343 g/mol. The van der Waals surface area contributed by atoms with Crippen LogP contribution in [0.1, 0.15) is 30.1 Å². The SMILES string of the molecule is CN(C)CCOCC1CN(S(=O)(=O)C2CC2)Cc2nnn(C)c21. The molecular weight excluding hydrogens is 318 g/mol. The van der Waals surface area contributed by atoms with Crippen molar-refractivity contribution in [2.75, 3.05) is 40.4 Å². The van der Waals surface area contributed by atoms with Crippen molar-refractivity contribution in [1.82, 2.24) is 24.2 Å². The summed E-state index contributed by atoms with van der Waals surface area (Å²) in [5, 5.41) is 8.01. The maximum atomic E-state index is 12.6. The monoisotopic (exact) mass is 343 g/mol. The van der Waals surface area contributed by atoms with Gasteiger partial charge in [0.15, 0.2) is 0 Å². The highest BCUT2D eigenvalue weighted by Gasteiger charge is 2.43. The maximum Gasteiger partial charge on any atom is 0.217 e. The second-order valence-electron chi connectivity index (χ2n) is 6.66. The number of hydrogen-bond acceptors (Lipinski definition) is 6. The van der Waals surface area contributed by atoms with Crippen LogP contribution in [0, 0.1) is 0 Å². The average Bonchev–Trinajstić information content (AvgIpc) is 3.28. The number of likely N-dealkylation sites (N-methyl/N-ethyl adjacent to an activating group) is 1. The number of ether oxygens (including phenoxy) is 1. The Labute approximate surface area is 137 Å². The molecule has 23 heavy (non-hydrogen) atoms. The van der Waals surface area contributed by atoms with Crippen LogP contribution in [0.15, 0.2) is 0 Å². The van der Waals surface area contributed by atoms with Gasteiger partial charge in [0.2, 0.25) is 10.0 Å². The molecule has 1 saturated carbocycles. The fourth-order valence-electron chi connectivity index (χ4n) is 2.96. The molecule has 2 heterocycles. The smallest absolute Gasteiger partial charge is 0.217 e. The highest BCUT2D eigenvalue weighted by Crippen LogP contribution is 2.35. The molecule has 9 heteroatoms. The van der Waals surface area contributed by atoms with Crippen molar-refractivity contribution in [2.24, 2.45) is 7.05 Å². The number of nitrogens with zero attached hydrogens (tertiary/aromatic N) is 5. The van der Waals surface area contributed by atoms with Gasteiger partial charge < -0.3 is 9.64 Å². The molecule has 1 aromatic heterocycles. The van der Waals surface area contributed by atoms with Crippen LogP contribution in [-0.4, -0.2) is 78.3 Å². The molecule has 3 rings (SSSR count). The minimum Gasteiger partial charge on any atom is -0.379 e. The van der Waals surface area contributed by atoms with Gasteiger partial charge in [0.25, 0.3) is 0 Å². The molecule has 0 radical (unpaired) electrons. The zero-order chi connectivity index (χ0) is 16.6. The lowest BCUT2D eigenvalue weighted by atomic mass is 10.0. The molecule has 0 spiro atoms. The first-order valence-electron chi connectivity index (χ1n) is 7.99. The number of hydrogen-bond donors (Lipinski definition) is 0. The van der Waals surface area contributed by atoms with Gasteiger partial charge in [-0.05, 0) is 26.9 Å². The Hall–Kier alpha value is -1.03. The highest BCUT2D eigenvalue weighted by atomic mass is 32.2. The quantitative estimate of drug-likeness (QED) is 0.637. The second kappa shape index (κ2) is 6.46. The van der Waals surface area contributed by atoms with Crippen LogP contribution in [0.4, 0.5) is 0 Å². The van der Waals surface area contributed by atoms with E-state index < -0.39 is 10.0 Å². The molecule has 1 aliphatic carbocycles. The van der Waals surface area contributed by atoms with Gasteiger partial charge in [-0.1, -0.05) is 5.21 Å². The zero-order valence-electron chi connectivity index (χ0n) is 14.0. The third-order valence-corrected chi connectivity index (χ3v) is 6.70. The molecular formula is C14H25N5O3S. The first-order valence-corrected chi connectivity index (χ1v) is 9.49. The summed E-state index contributed by atoms with van der Waals surface area (Å²) >= 11 is 0. The van der Waals surface area contributed by atoms with E-state index in [1.165, 1.54) is 0 Å². The van der Waals surface area contributed by atoms with E-state index >= 15 is 0 Å². The van der Waals surface area contributed by atoms with Crippen LogP contribution in [0.25, 0.3) is 0 Å². The maximum absolute atomic E-state index is 12.6. The molecule has 1 aliphatic heterocycles. The standard InChI is InChI=1S/C14H25N5O3S/c1-17(2)6-7-22-10-11-8-19(23(20,21)12-4-5-12)9-13-14(11)18(3)16-15-13/h11-12H,4-10H2,1-3H3. The summed E-state index contributed by atoms with van der Waals surface area (Å²) in [6.45, 7) is 2.73. The Morgan fingerprint density at radius 2 is 2.09 bits per heavy atom. The van der Waals surface area contributed by atoms with Gasteiger partial charge in [-0.25, -0.2) is 8.42 Å². The lowest BCUT2D eigenvalue weighted by Gasteiger charge is -2.31. The fraction of sp³-hybridized carbons (Fsp3) is 0.857. The minimum absolute atomic E-state index is 0.0190. The lowest BCUT2D eigenvalue weighted by molar-refractivity contribution is 0.0952. The van der Waals surface area contributed by atoms with E-state index in [9.17, 15) is 8.42 Å². The molecule has 0 saturated heterocycles. The molecule has 0 aromatic carbocycles. The normalized spacial score (nSPS) is 22.5. The predicted octanol–water partition coefficient (Wildman–Crippen LogP) is -0.215. The molecule has 0 amide bonds. The molecule has 2 aliphatic rings. The van der Waals surface area contributed by atoms with Crippen molar-refractivity contribution in [3.63, 3.8) is 0 Å². The van der Waals surface area contributed by atoms with Gasteiger partial charge in [-0.3, -0.25) is 4.68 Å². The topological polar surface area (TPSA) is 80.6 Å². The summed E-state index contributed by atoms with van der Waals surface area (Å²) in [6.07, 6.45) is 1.55. The Kier molecular flexibility index (Phi) is 4.73. The summed E-state index contributed by atoms with van der Waals surface area (Å²) < 4.78 is 34.2. The van der Waals surface area contributed by atoms with E-state index in [0.29, 0.717) is 26.3 Å². The van der Waals surface area contributed by atoms with E-state index in [-0.39, 0.29) is 11.2 Å². The summed E-state index contributed by atoms with van der Waals surface area (Å²) in [6, 6.07) is 0. The second-order valence-corrected chi connectivity index (χ2v) is 8.87. The molecule has 130 valence electrons. The molecule has 0 N–H and O–H groups in total. The van der Waals surface area contributed by atoms with E-state index in [1.807, 2.05) is 21.1 Å². The fourth-order valence-corrected chi connectivity index (χ4v) is 4.80. The van der Waals surface area contributed by atoms with Gasteiger partial charge in [0.05, 0.1) is 30.7 Å². The Morgan fingerprint density at radius 1 is 1.35 bits per heavy atom. The molecule has 1 fully saturated rings. The number of fused-ring (bicyclic) bond motifs is 1. The molecule has 8 nitrogen and oxygen atoms in total. The van der Waals surface area contributed by atoms with Crippen molar-refractivity contribution >= 4 is 10.0 Å². The van der Waals surface area contributed by atoms with E-state index in [1.54, 1.807) is 8.99 Å². The van der Waals surface area contributed by atoms with Gasteiger partial charge in [0, 0.05) is 26.1 Å². The van der Waals surface area contributed by atoms with Crippen LogP contribution in [0.5, 0.6) is 0 Å². The Balaban J connectivity index is 1.72. The molecule has 0 bridgehead atoms. The van der Waals surface area contributed by atoms with E-state index in [0.717, 1.165) is 30.8 Å². The third kappa shape index (κ3) is 3.57. The summed E-state index contributed by atoms with van der Waals surface area (Å²) in [5.74, 6) is -0.0190. The van der Waals surface area contributed by atoms with E-state index in [2.05, 4.69) is 15.2 Å². The number of aromatic nitrogens is 3. The predicted molar refractivity (Wildman–Crippen MR) is 85.5 cm³/mol. The van der Waals surface area contributed by atoms with Crippen molar-refractivity contribution in [2.45, 2.75) is 30.6 Å². The van der Waals surface area contributed by atoms with Crippen LogP contribution in [0.2, 0.25) is 0 Å². The summed E-state index contributed by atoms with van der Waals surface area (Å²) in [4.78, 5) is 2.06. The largest absolute Gasteiger partial charge is 0.379 e. The molecule has 1 atom stereocenters. The van der Waals surface area contributed by atoms with Crippen molar-refractivity contribution in [3.05, 3.63) is 11.4 Å². The number of aryl methyl sites for hydroxylation is 1. The molecule has 1 unspecified atom stereocenters.